The summed E-state index contributed by atoms with van der Waals surface area (Å²) < 4.78 is 11.4. The van der Waals surface area contributed by atoms with Gasteiger partial charge in [0, 0.05) is 26.0 Å². The summed E-state index contributed by atoms with van der Waals surface area (Å²) in [5.41, 5.74) is 0. The van der Waals surface area contributed by atoms with Gasteiger partial charge in [-0.1, -0.05) is 37.3 Å². The van der Waals surface area contributed by atoms with Crippen molar-refractivity contribution in [3.05, 3.63) is 11.7 Å². The van der Waals surface area contributed by atoms with Gasteiger partial charge in [0.25, 0.3) is 0 Å². The molecule has 1 atom stereocenters. The maximum absolute atomic E-state index is 12.9. The van der Waals surface area contributed by atoms with Crippen LogP contribution < -0.4 is 0 Å². The Morgan fingerprint density at radius 2 is 1.75 bits per heavy atom. The predicted octanol–water partition coefficient (Wildman–Crippen LogP) is 4.45. The van der Waals surface area contributed by atoms with Crippen molar-refractivity contribution in [3.63, 3.8) is 0 Å². The van der Waals surface area contributed by atoms with Crippen molar-refractivity contribution < 1.29 is 14.1 Å². The van der Waals surface area contributed by atoms with Gasteiger partial charge < -0.3 is 14.2 Å². The number of ether oxygens (including phenoxy) is 1. The second-order valence-corrected chi connectivity index (χ2v) is 8.98. The Labute approximate surface area is 168 Å². The predicted molar refractivity (Wildman–Crippen MR) is 106 cm³/mol. The van der Waals surface area contributed by atoms with E-state index in [0.29, 0.717) is 37.1 Å². The monoisotopic (exact) mass is 389 g/mol. The van der Waals surface area contributed by atoms with Crippen LogP contribution in [-0.2, 0) is 16.0 Å². The second kappa shape index (κ2) is 9.86. The highest BCUT2D eigenvalue weighted by molar-refractivity contribution is 5.77. The highest BCUT2D eigenvalue weighted by atomic mass is 16.5. The van der Waals surface area contributed by atoms with Gasteiger partial charge in [-0.2, -0.15) is 4.98 Å². The zero-order valence-corrected chi connectivity index (χ0v) is 17.1. The van der Waals surface area contributed by atoms with Crippen LogP contribution in [0.2, 0.25) is 0 Å². The molecule has 1 aromatic rings. The number of nitrogens with zero attached hydrogens (tertiary/aromatic N) is 3. The lowest BCUT2D eigenvalue weighted by Crippen LogP contribution is -2.32. The van der Waals surface area contributed by atoms with E-state index in [0.717, 1.165) is 31.9 Å². The molecule has 0 aromatic carbocycles. The van der Waals surface area contributed by atoms with E-state index in [1.807, 2.05) is 4.90 Å². The van der Waals surface area contributed by atoms with Crippen molar-refractivity contribution in [2.75, 3.05) is 19.8 Å². The lowest BCUT2D eigenvalue weighted by molar-refractivity contribution is -0.133. The Morgan fingerprint density at radius 1 is 1.00 bits per heavy atom. The highest BCUT2D eigenvalue weighted by Crippen LogP contribution is 2.34. The molecule has 0 radical (unpaired) electrons. The largest absolute Gasteiger partial charge is 0.381 e. The van der Waals surface area contributed by atoms with Crippen LogP contribution in [0.5, 0.6) is 0 Å². The number of hydrogen-bond acceptors (Lipinski definition) is 5. The van der Waals surface area contributed by atoms with Crippen molar-refractivity contribution in [3.8, 4) is 0 Å². The van der Waals surface area contributed by atoms with Gasteiger partial charge in [0.2, 0.25) is 11.8 Å². The van der Waals surface area contributed by atoms with Gasteiger partial charge in [0.05, 0.1) is 6.61 Å². The minimum atomic E-state index is -0.0308. The van der Waals surface area contributed by atoms with Crippen LogP contribution in [-0.4, -0.2) is 40.7 Å². The summed E-state index contributed by atoms with van der Waals surface area (Å²) in [6.07, 6.45) is 14.9. The van der Waals surface area contributed by atoms with E-state index in [-0.39, 0.29) is 11.9 Å². The fraction of sp³-hybridized carbons (Fsp3) is 0.864. The third-order valence-corrected chi connectivity index (χ3v) is 6.83. The van der Waals surface area contributed by atoms with Crippen molar-refractivity contribution >= 4 is 5.91 Å². The standard InChI is InChI=1S/C22H35N3O3/c26-21(15-17-7-2-1-3-8-17)25-13-6-11-19(25)22-23-20(24-28-22)12-14-27-16-18-9-4-5-10-18/h17-19H,1-16H2. The minimum Gasteiger partial charge on any atom is -0.381 e. The molecular weight excluding hydrogens is 354 g/mol. The van der Waals surface area contributed by atoms with Gasteiger partial charge in [-0.05, 0) is 50.4 Å². The molecule has 28 heavy (non-hydrogen) atoms. The average molecular weight is 390 g/mol. The van der Waals surface area contributed by atoms with Crippen LogP contribution in [0.25, 0.3) is 0 Å². The molecule has 6 heteroatoms. The van der Waals surface area contributed by atoms with Crippen molar-refractivity contribution in [1.29, 1.82) is 0 Å². The zero-order chi connectivity index (χ0) is 19.2. The molecule has 4 rings (SSSR count). The van der Waals surface area contributed by atoms with E-state index in [2.05, 4.69) is 10.1 Å². The third-order valence-electron chi connectivity index (χ3n) is 6.83. The molecule has 2 heterocycles. The summed E-state index contributed by atoms with van der Waals surface area (Å²) in [4.78, 5) is 19.4. The third kappa shape index (κ3) is 5.13. The number of amides is 1. The number of hydrogen-bond donors (Lipinski definition) is 0. The topological polar surface area (TPSA) is 68.5 Å². The van der Waals surface area contributed by atoms with Crippen LogP contribution in [0.1, 0.15) is 94.8 Å². The Hall–Kier alpha value is -1.43. The van der Waals surface area contributed by atoms with Crippen LogP contribution in [0.15, 0.2) is 4.52 Å². The molecular formula is C22H35N3O3. The van der Waals surface area contributed by atoms with Crippen molar-refractivity contribution in [2.45, 2.75) is 89.5 Å². The van der Waals surface area contributed by atoms with Crippen LogP contribution >= 0.6 is 0 Å². The van der Waals surface area contributed by atoms with Gasteiger partial charge in [-0.15, -0.1) is 0 Å². The Morgan fingerprint density at radius 3 is 2.57 bits per heavy atom. The van der Waals surface area contributed by atoms with E-state index in [1.54, 1.807) is 0 Å². The molecule has 6 nitrogen and oxygen atoms in total. The van der Waals surface area contributed by atoms with Crippen molar-refractivity contribution in [1.82, 2.24) is 15.0 Å². The Kier molecular flexibility index (Phi) is 7.00. The van der Waals surface area contributed by atoms with Gasteiger partial charge in [0.15, 0.2) is 5.82 Å². The molecule has 3 fully saturated rings. The maximum atomic E-state index is 12.9. The summed E-state index contributed by atoms with van der Waals surface area (Å²) >= 11 is 0. The second-order valence-electron chi connectivity index (χ2n) is 8.98. The molecule has 1 aliphatic heterocycles. The van der Waals surface area contributed by atoms with E-state index < -0.39 is 0 Å². The zero-order valence-electron chi connectivity index (χ0n) is 17.1. The van der Waals surface area contributed by atoms with Gasteiger partial charge >= 0.3 is 0 Å². The lowest BCUT2D eigenvalue weighted by atomic mass is 9.86. The van der Waals surface area contributed by atoms with Gasteiger partial charge in [-0.3, -0.25) is 4.79 Å². The Balaban J connectivity index is 1.25. The van der Waals surface area contributed by atoms with E-state index in [4.69, 9.17) is 9.26 Å². The first-order chi connectivity index (χ1) is 13.8. The molecule has 2 aliphatic carbocycles. The first kappa shape index (κ1) is 19.9. The van der Waals surface area contributed by atoms with E-state index in [9.17, 15) is 4.79 Å². The summed E-state index contributed by atoms with van der Waals surface area (Å²) in [5.74, 6) is 2.89. The van der Waals surface area contributed by atoms with Crippen LogP contribution in [0, 0.1) is 11.8 Å². The molecule has 1 unspecified atom stereocenters. The van der Waals surface area contributed by atoms with E-state index >= 15 is 0 Å². The molecule has 1 amide bonds. The smallest absolute Gasteiger partial charge is 0.249 e. The average Bonchev–Trinajstić information content (AvgIpc) is 3.47. The first-order valence-electron chi connectivity index (χ1n) is 11.5. The number of carbonyl (C=O) groups is 1. The van der Waals surface area contributed by atoms with Crippen molar-refractivity contribution in [2.24, 2.45) is 11.8 Å². The fourth-order valence-electron chi connectivity index (χ4n) is 5.17. The quantitative estimate of drug-likeness (QED) is 0.614. The maximum Gasteiger partial charge on any atom is 0.249 e. The van der Waals surface area contributed by atoms with Crippen LogP contribution in [0.3, 0.4) is 0 Å². The lowest BCUT2D eigenvalue weighted by Gasteiger charge is -2.26. The molecule has 1 saturated heterocycles. The summed E-state index contributed by atoms with van der Waals surface area (Å²) in [5, 5.41) is 4.14. The summed E-state index contributed by atoms with van der Waals surface area (Å²) in [6.45, 7) is 2.32. The van der Waals surface area contributed by atoms with Gasteiger partial charge in [-0.25, -0.2) is 0 Å². The SMILES string of the molecule is O=C(CC1CCCCC1)N1CCCC1c1nc(CCOCC2CCCC2)no1. The number of rotatable bonds is 8. The number of carbonyl (C=O) groups excluding carboxylic acids is 1. The molecule has 0 N–H and O–H groups in total. The first-order valence-corrected chi connectivity index (χ1v) is 11.5. The molecule has 1 aromatic heterocycles. The van der Waals surface area contributed by atoms with Crippen LogP contribution in [0.4, 0.5) is 0 Å². The number of likely N-dealkylation sites (tertiary alicyclic amines) is 1. The molecule has 0 spiro atoms. The fourth-order valence-corrected chi connectivity index (χ4v) is 5.17. The molecule has 2 saturated carbocycles. The Bertz CT molecular complexity index is 620. The number of aromatic nitrogens is 2. The molecule has 156 valence electrons. The molecule has 0 bridgehead atoms. The summed E-state index contributed by atoms with van der Waals surface area (Å²) in [6, 6.07) is -0.0308. The van der Waals surface area contributed by atoms with Gasteiger partial charge in [0.1, 0.15) is 6.04 Å². The molecule has 3 aliphatic rings. The minimum absolute atomic E-state index is 0.0308. The van der Waals surface area contributed by atoms with E-state index in [1.165, 1.54) is 57.8 Å². The summed E-state index contributed by atoms with van der Waals surface area (Å²) in [7, 11) is 0. The highest BCUT2D eigenvalue weighted by Gasteiger charge is 2.34. The normalized spacial score (nSPS) is 24.3.